The number of nitrogens with one attached hydrogen (secondary N) is 1. The summed E-state index contributed by atoms with van der Waals surface area (Å²) in [5, 5.41) is 3.03. The number of anilines is 1. The van der Waals surface area contributed by atoms with E-state index in [1.54, 1.807) is 36.5 Å². The first-order valence-corrected chi connectivity index (χ1v) is 6.25. The van der Waals surface area contributed by atoms with Gasteiger partial charge in [0, 0.05) is 23.2 Å². The summed E-state index contributed by atoms with van der Waals surface area (Å²) in [6.45, 7) is 0. The van der Waals surface area contributed by atoms with Crippen LogP contribution in [0.15, 0.2) is 54.7 Å². The van der Waals surface area contributed by atoms with Crippen molar-refractivity contribution in [3.05, 3.63) is 71.9 Å². The molecule has 21 heavy (non-hydrogen) atoms. The Morgan fingerprint density at radius 1 is 1.05 bits per heavy atom. The van der Waals surface area contributed by atoms with E-state index in [0.717, 1.165) is 18.2 Å². The topological polar surface area (TPSA) is 42.0 Å². The van der Waals surface area contributed by atoms with E-state index in [4.69, 9.17) is 0 Å². The van der Waals surface area contributed by atoms with Gasteiger partial charge in [-0.2, -0.15) is 0 Å². The lowest BCUT2D eigenvalue weighted by Crippen LogP contribution is -2.13. The smallest absolute Gasteiger partial charge is 0.256 e. The minimum atomic E-state index is -0.692. The number of carbonyl (C=O) groups is 1. The Kier molecular flexibility index (Phi) is 3.31. The van der Waals surface area contributed by atoms with Crippen molar-refractivity contribution in [2.75, 3.05) is 5.32 Å². The fraction of sp³-hybridized carbons (Fsp3) is 0. The third kappa shape index (κ3) is 2.58. The number of pyridine rings is 1. The van der Waals surface area contributed by atoms with Gasteiger partial charge in [-0.3, -0.25) is 9.78 Å². The predicted octanol–water partition coefficient (Wildman–Crippen LogP) is 3.77. The van der Waals surface area contributed by atoms with Crippen LogP contribution in [0.3, 0.4) is 0 Å². The maximum absolute atomic E-state index is 13.6. The Balaban J connectivity index is 1.99. The summed E-state index contributed by atoms with van der Waals surface area (Å²) in [4.78, 5) is 16.4. The molecule has 3 rings (SSSR count). The molecule has 0 fully saturated rings. The largest absolute Gasteiger partial charge is 0.319 e. The number of halogens is 2. The summed E-state index contributed by atoms with van der Waals surface area (Å²) >= 11 is 0. The SMILES string of the molecule is O=C(Nc1cc(F)ccc1F)c1cccc2ncccc12. The molecule has 1 aromatic heterocycles. The van der Waals surface area contributed by atoms with Gasteiger partial charge in [0.2, 0.25) is 0 Å². The quantitative estimate of drug-likeness (QED) is 0.778. The number of fused-ring (bicyclic) bond motifs is 1. The highest BCUT2D eigenvalue weighted by molar-refractivity contribution is 6.12. The molecule has 1 heterocycles. The van der Waals surface area contributed by atoms with E-state index in [9.17, 15) is 13.6 Å². The van der Waals surface area contributed by atoms with E-state index in [2.05, 4.69) is 10.3 Å². The normalized spacial score (nSPS) is 10.6. The molecule has 0 atom stereocenters. The second kappa shape index (κ2) is 5.28. The molecule has 0 aliphatic heterocycles. The molecule has 2 aromatic carbocycles. The van der Waals surface area contributed by atoms with E-state index in [1.807, 2.05) is 0 Å². The van der Waals surface area contributed by atoms with Crippen LogP contribution in [0.5, 0.6) is 0 Å². The predicted molar refractivity (Wildman–Crippen MR) is 76.1 cm³/mol. The Labute approximate surface area is 119 Å². The minimum absolute atomic E-state index is 0.194. The summed E-state index contributed by atoms with van der Waals surface area (Å²) < 4.78 is 26.7. The number of hydrogen-bond donors (Lipinski definition) is 1. The van der Waals surface area contributed by atoms with Crippen LogP contribution in [0.1, 0.15) is 10.4 Å². The van der Waals surface area contributed by atoms with Crippen LogP contribution in [0, 0.1) is 11.6 Å². The number of rotatable bonds is 2. The fourth-order valence-corrected chi connectivity index (χ4v) is 2.08. The Bertz CT molecular complexity index is 828. The molecule has 104 valence electrons. The molecule has 1 N–H and O–H groups in total. The summed E-state index contributed by atoms with van der Waals surface area (Å²) in [5.41, 5.74) is 0.815. The number of carbonyl (C=O) groups excluding carboxylic acids is 1. The van der Waals surface area contributed by atoms with Crippen LogP contribution < -0.4 is 5.32 Å². The molecule has 3 nitrogen and oxygen atoms in total. The molecular formula is C16H10F2N2O. The van der Waals surface area contributed by atoms with Crippen molar-refractivity contribution in [3.8, 4) is 0 Å². The van der Waals surface area contributed by atoms with Gasteiger partial charge in [0.15, 0.2) is 0 Å². The standard InChI is InChI=1S/C16H10F2N2O/c17-10-6-7-13(18)15(9-10)20-16(21)12-3-1-5-14-11(12)4-2-8-19-14/h1-9H,(H,20,21). The minimum Gasteiger partial charge on any atom is -0.319 e. The van der Waals surface area contributed by atoms with Crippen LogP contribution in [-0.2, 0) is 0 Å². The number of nitrogens with zero attached hydrogens (tertiary/aromatic N) is 1. The lowest BCUT2D eigenvalue weighted by molar-refractivity contribution is 0.102. The highest BCUT2D eigenvalue weighted by Gasteiger charge is 2.13. The van der Waals surface area contributed by atoms with E-state index >= 15 is 0 Å². The first-order valence-electron chi connectivity index (χ1n) is 6.25. The van der Waals surface area contributed by atoms with Gasteiger partial charge in [-0.15, -0.1) is 0 Å². The van der Waals surface area contributed by atoms with Crippen LogP contribution in [0.4, 0.5) is 14.5 Å². The summed E-state index contributed by atoms with van der Waals surface area (Å²) in [6, 6.07) is 11.4. The zero-order valence-electron chi connectivity index (χ0n) is 10.8. The molecule has 0 saturated heterocycles. The first kappa shape index (κ1) is 13.2. The van der Waals surface area contributed by atoms with Crippen LogP contribution in [0.25, 0.3) is 10.9 Å². The highest BCUT2D eigenvalue weighted by atomic mass is 19.1. The Morgan fingerprint density at radius 2 is 1.90 bits per heavy atom. The Morgan fingerprint density at radius 3 is 2.76 bits per heavy atom. The second-order valence-corrected chi connectivity index (χ2v) is 4.45. The van der Waals surface area contributed by atoms with Gasteiger partial charge in [0.25, 0.3) is 5.91 Å². The van der Waals surface area contributed by atoms with Gasteiger partial charge in [-0.05, 0) is 30.3 Å². The average molecular weight is 284 g/mol. The Hall–Kier alpha value is -2.82. The fourth-order valence-electron chi connectivity index (χ4n) is 2.08. The van der Waals surface area contributed by atoms with Crippen LogP contribution in [-0.4, -0.2) is 10.9 Å². The lowest BCUT2D eigenvalue weighted by Gasteiger charge is -2.08. The monoisotopic (exact) mass is 284 g/mol. The summed E-state index contributed by atoms with van der Waals surface area (Å²) in [5.74, 6) is -1.83. The zero-order valence-corrected chi connectivity index (χ0v) is 10.8. The second-order valence-electron chi connectivity index (χ2n) is 4.45. The summed E-state index contributed by atoms with van der Waals surface area (Å²) in [6.07, 6.45) is 1.62. The third-order valence-electron chi connectivity index (χ3n) is 3.07. The molecule has 0 bridgehead atoms. The molecule has 5 heteroatoms. The summed E-state index contributed by atoms with van der Waals surface area (Å²) in [7, 11) is 0. The van der Waals surface area contributed by atoms with E-state index < -0.39 is 17.5 Å². The molecule has 0 aliphatic carbocycles. The number of amides is 1. The van der Waals surface area contributed by atoms with Gasteiger partial charge >= 0.3 is 0 Å². The first-order chi connectivity index (χ1) is 10.1. The van der Waals surface area contributed by atoms with Gasteiger partial charge in [-0.25, -0.2) is 8.78 Å². The molecule has 3 aromatic rings. The van der Waals surface area contributed by atoms with Crippen LogP contribution in [0.2, 0.25) is 0 Å². The van der Waals surface area contributed by atoms with Crippen molar-refractivity contribution in [3.63, 3.8) is 0 Å². The van der Waals surface area contributed by atoms with Gasteiger partial charge < -0.3 is 5.32 Å². The molecular weight excluding hydrogens is 274 g/mol. The third-order valence-corrected chi connectivity index (χ3v) is 3.07. The van der Waals surface area contributed by atoms with Gasteiger partial charge in [0.1, 0.15) is 11.6 Å². The van der Waals surface area contributed by atoms with E-state index in [0.29, 0.717) is 16.5 Å². The molecule has 0 unspecified atom stereocenters. The lowest BCUT2D eigenvalue weighted by atomic mass is 10.1. The number of hydrogen-bond acceptors (Lipinski definition) is 2. The average Bonchev–Trinajstić information content (AvgIpc) is 2.50. The van der Waals surface area contributed by atoms with Crippen LogP contribution >= 0.6 is 0 Å². The van der Waals surface area contributed by atoms with E-state index in [-0.39, 0.29) is 5.69 Å². The zero-order chi connectivity index (χ0) is 14.8. The number of aromatic nitrogens is 1. The highest BCUT2D eigenvalue weighted by Crippen LogP contribution is 2.20. The molecule has 0 saturated carbocycles. The molecule has 0 spiro atoms. The molecule has 0 radical (unpaired) electrons. The van der Waals surface area contributed by atoms with Gasteiger partial charge in [0.05, 0.1) is 11.2 Å². The van der Waals surface area contributed by atoms with Crippen molar-refractivity contribution in [1.29, 1.82) is 0 Å². The van der Waals surface area contributed by atoms with Crippen molar-refractivity contribution >= 4 is 22.5 Å². The van der Waals surface area contributed by atoms with Gasteiger partial charge in [-0.1, -0.05) is 12.1 Å². The molecule has 0 aliphatic rings. The number of benzene rings is 2. The van der Waals surface area contributed by atoms with Crippen molar-refractivity contribution in [1.82, 2.24) is 4.98 Å². The maximum atomic E-state index is 13.6. The van der Waals surface area contributed by atoms with Crippen molar-refractivity contribution in [2.45, 2.75) is 0 Å². The van der Waals surface area contributed by atoms with E-state index in [1.165, 1.54) is 0 Å². The van der Waals surface area contributed by atoms with Crippen molar-refractivity contribution < 1.29 is 13.6 Å². The molecule has 1 amide bonds. The maximum Gasteiger partial charge on any atom is 0.256 e. The van der Waals surface area contributed by atoms with Crippen molar-refractivity contribution in [2.24, 2.45) is 0 Å².